The van der Waals surface area contributed by atoms with Gasteiger partial charge in [0.15, 0.2) is 11.5 Å². The molecule has 0 spiro atoms. The van der Waals surface area contributed by atoms with E-state index in [1.165, 1.54) is 12.0 Å². The van der Waals surface area contributed by atoms with Gasteiger partial charge >= 0.3 is 0 Å². The monoisotopic (exact) mass is 631 g/mol. The minimum Gasteiger partial charge on any atom is -0.493 e. The second-order valence-electron chi connectivity index (χ2n) is 5.92. The van der Waals surface area contributed by atoms with Crippen LogP contribution < -0.4 is 9.47 Å². The number of halogens is 2. The molecule has 1 heterocycles. The van der Waals surface area contributed by atoms with Gasteiger partial charge in [0.05, 0.1) is 22.1 Å². The van der Waals surface area contributed by atoms with E-state index in [9.17, 15) is 9.59 Å². The van der Waals surface area contributed by atoms with Crippen LogP contribution in [0.2, 0.25) is 0 Å². The minimum absolute atomic E-state index is 0.128. The van der Waals surface area contributed by atoms with Crippen LogP contribution in [0.25, 0.3) is 6.08 Å². The van der Waals surface area contributed by atoms with Gasteiger partial charge in [-0.15, -0.1) is 6.42 Å². The number of nitrogens with zero attached hydrogens (tertiary/aromatic N) is 1. The first-order valence-electron chi connectivity index (χ1n) is 8.36. The van der Waals surface area contributed by atoms with Gasteiger partial charge in [-0.3, -0.25) is 14.5 Å². The second-order valence-corrected chi connectivity index (χ2v) is 9.32. The lowest BCUT2D eigenvalue weighted by atomic mass is 10.1. The van der Waals surface area contributed by atoms with E-state index >= 15 is 0 Å². The van der Waals surface area contributed by atoms with E-state index in [0.717, 1.165) is 30.0 Å². The molecule has 0 bridgehead atoms. The summed E-state index contributed by atoms with van der Waals surface area (Å²) in [6.45, 7) is 0.377. The number of imide groups is 1. The third-order valence-corrected chi connectivity index (χ3v) is 6.40. The summed E-state index contributed by atoms with van der Waals surface area (Å²) >= 11 is 5.26. The van der Waals surface area contributed by atoms with Crippen molar-refractivity contribution in [2.75, 3.05) is 13.7 Å². The molecule has 0 aromatic heterocycles. The highest BCUT2D eigenvalue weighted by molar-refractivity contribution is 14.1. The van der Waals surface area contributed by atoms with Crippen LogP contribution in [0.4, 0.5) is 4.79 Å². The van der Waals surface area contributed by atoms with Crippen molar-refractivity contribution >= 4 is 74.2 Å². The molecular weight excluding hydrogens is 616 g/mol. The van der Waals surface area contributed by atoms with Crippen molar-refractivity contribution in [2.24, 2.45) is 0 Å². The lowest BCUT2D eigenvalue weighted by Crippen LogP contribution is -2.27. The molecule has 0 unspecified atom stereocenters. The third kappa shape index (κ3) is 5.26. The summed E-state index contributed by atoms with van der Waals surface area (Å²) in [4.78, 5) is 26.8. The quantitative estimate of drug-likeness (QED) is 0.251. The van der Waals surface area contributed by atoms with Crippen LogP contribution in [0, 0.1) is 19.5 Å². The van der Waals surface area contributed by atoms with Crippen LogP contribution in [-0.4, -0.2) is 29.8 Å². The Kier molecular flexibility index (Phi) is 7.48. The number of hydrogen-bond donors (Lipinski definition) is 0. The van der Waals surface area contributed by atoms with Crippen molar-refractivity contribution in [1.82, 2.24) is 4.90 Å². The fourth-order valence-electron chi connectivity index (χ4n) is 2.64. The summed E-state index contributed by atoms with van der Waals surface area (Å²) in [5.74, 6) is 3.18. The number of terminal acetylenes is 1. The van der Waals surface area contributed by atoms with E-state index in [0.29, 0.717) is 16.4 Å². The normalized spacial score (nSPS) is 15.0. The van der Waals surface area contributed by atoms with Gasteiger partial charge in [-0.2, -0.15) is 0 Å². The molecule has 29 heavy (non-hydrogen) atoms. The maximum atomic E-state index is 12.8. The van der Waals surface area contributed by atoms with Crippen LogP contribution in [0.15, 0.2) is 41.3 Å². The van der Waals surface area contributed by atoms with Gasteiger partial charge in [-0.1, -0.05) is 18.1 Å². The van der Waals surface area contributed by atoms with Gasteiger partial charge in [-0.05, 0) is 98.4 Å². The first-order chi connectivity index (χ1) is 13.9. The zero-order valence-corrected chi connectivity index (χ0v) is 20.4. The molecule has 5 nitrogen and oxygen atoms in total. The highest BCUT2D eigenvalue weighted by atomic mass is 127. The zero-order chi connectivity index (χ0) is 21.0. The Morgan fingerprint density at radius 2 is 1.93 bits per heavy atom. The Hall–Kier alpha value is -1.71. The molecule has 0 aliphatic carbocycles. The molecule has 0 atom stereocenters. The Balaban J connectivity index is 1.84. The van der Waals surface area contributed by atoms with Gasteiger partial charge in [0, 0.05) is 3.57 Å². The Morgan fingerprint density at radius 1 is 1.21 bits per heavy atom. The lowest BCUT2D eigenvalue weighted by molar-refractivity contribution is -0.123. The van der Waals surface area contributed by atoms with Crippen LogP contribution in [0.5, 0.6) is 11.5 Å². The summed E-state index contributed by atoms with van der Waals surface area (Å²) in [5.41, 5.74) is 1.64. The van der Waals surface area contributed by atoms with Crippen molar-refractivity contribution in [1.29, 1.82) is 0 Å². The lowest BCUT2D eigenvalue weighted by Gasteiger charge is -2.13. The highest BCUT2D eigenvalue weighted by Gasteiger charge is 2.35. The predicted molar refractivity (Wildman–Crippen MR) is 131 cm³/mol. The Labute approximate surface area is 200 Å². The number of carbonyl (C=O) groups is 2. The standard InChI is InChI=1S/C21H15I2NO4S/c1-3-8-28-19-16(23)9-14(10-17(19)27-2)11-18-20(25)24(21(26)29-18)12-13-4-6-15(22)7-5-13/h1,4-7,9-11H,8,12H2,2H3/b18-11+. The molecule has 1 saturated heterocycles. The first-order valence-corrected chi connectivity index (χ1v) is 11.3. The van der Waals surface area contributed by atoms with Crippen molar-refractivity contribution in [3.63, 3.8) is 0 Å². The van der Waals surface area contributed by atoms with Crippen LogP contribution in [0.3, 0.4) is 0 Å². The summed E-state index contributed by atoms with van der Waals surface area (Å²) in [6, 6.07) is 11.3. The fourth-order valence-corrected chi connectivity index (χ4v) is 4.62. The molecule has 8 heteroatoms. The molecule has 1 fully saturated rings. The van der Waals surface area contributed by atoms with Gasteiger partial charge in [0.2, 0.25) is 0 Å². The molecule has 2 aromatic carbocycles. The van der Waals surface area contributed by atoms with Crippen LogP contribution >= 0.6 is 56.9 Å². The molecule has 2 amide bonds. The number of hydrogen-bond acceptors (Lipinski definition) is 5. The van der Waals surface area contributed by atoms with E-state index in [4.69, 9.17) is 15.9 Å². The smallest absolute Gasteiger partial charge is 0.293 e. The number of carbonyl (C=O) groups excluding carboxylic acids is 2. The highest BCUT2D eigenvalue weighted by Crippen LogP contribution is 2.37. The average molecular weight is 631 g/mol. The van der Waals surface area contributed by atoms with Gasteiger partial charge < -0.3 is 9.47 Å². The molecule has 2 aromatic rings. The number of methoxy groups -OCH3 is 1. The first kappa shape index (κ1) is 22.0. The van der Waals surface area contributed by atoms with E-state index in [1.807, 2.05) is 30.3 Å². The molecule has 0 radical (unpaired) electrons. The summed E-state index contributed by atoms with van der Waals surface area (Å²) in [6.07, 6.45) is 6.94. The summed E-state index contributed by atoms with van der Waals surface area (Å²) in [5, 5.41) is -0.282. The maximum absolute atomic E-state index is 12.8. The Bertz CT molecular complexity index is 1030. The van der Waals surface area contributed by atoms with Crippen molar-refractivity contribution in [2.45, 2.75) is 6.54 Å². The van der Waals surface area contributed by atoms with Gasteiger partial charge in [-0.25, -0.2) is 0 Å². The minimum atomic E-state index is -0.305. The van der Waals surface area contributed by atoms with Crippen molar-refractivity contribution in [3.8, 4) is 23.8 Å². The van der Waals surface area contributed by atoms with Crippen molar-refractivity contribution < 1.29 is 19.1 Å². The SMILES string of the molecule is C#CCOc1c(I)cc(/C=C2/SC(=O)N(Cc3ccc(I)cc3)C2=O)cc1OC. The summed E-state index contributed by atoms with van der Waals surface area (Å²) in [7, 11) is 1.53. The van der Waals surface area contributed by atoms with E-state index in [-0.39, 0.29) is 24.3 Å². The van der Waals surface area contributed by atoms with E-state index in [1.54, 1.807) is 12.1 Å². The maximum Gasteiger partial charge on any atom is 0.293 e. The van der Waals surface area contributed by atoms with E-state index in [2.05, 4.69) is 51.1 Å². The molecule has 0 N–H and O–H groups in total. The van der Waals surface area contributed by atoms with Crippen LogP contribution in [0.1, 0.15) is 11.1 Å². The van der Waals surface area contributed by atoms with Gasteiger partial charge in [0.25, 0.3) is 11.1 Å². The predicted octanol–water partition coefficient (Wildman–Crippen LogP) is 5.15. The Morgan fingerprint density at radius 3 is 2.59 bits per heavy atom. The number of amides is 2. The molecule has 3 rings (SSSR count). The molecule has 1 aliphatic rings. The van der Waals surface area contributed by atoms with Crippen LogP contribution in [-0.2, 0) is 11.3 Å². The molecule has 0 saturated carbocycles. The number of ether oxygens (including phenoxy) is 2. The number of rotatable bonds is 6. The second kappa shape index (κ2) is 9.86. The number of thioether (sulfide) groups is 1. The fraction of sp³-hybridized carbons (Fsp3) is 0.143. The van der Waals surface area contributed by atoms with Gasteiger partial charge in [0.1, 0.15) is 6.61 Å². The molecule has 1 aliphatic heterocycles. The van der Waals surface area contributed by atoms with Crippen molar-refractivity contribution in [3.05, 3.63) is 59.6 Å². The average Bonchev–Trinajstić information content (AvgIpc) is 2.95. The zero-order valence-electron chi connectivity index (χ0n) is 15.3. The van der Waals surface area contributed by atoms with E-state index < -0.39 is 0 Å². The molecule has 148 valence electrons. The number of benzene rings is 2. The largest absolute Gasteiger partial charge is 0.493 e. The topological polar surface area (TPSA) is 55.8 Å². The third-order valence-electron chi connectivity index (χ3n) is 3.98. The summed E-state index contributed by atoms with van der Waals surface area (Å²) < 4.78 is 12.8. The molecular formula is C21H15I2NO4S.